The Hall–Kier alpha value is -3.58. The minimum absolute atomic E-state index is 0.317. The van der Waals surface area contributed by atoms with E-state index >= 15 is 0 Å². The molecule has 31 heavy (non-hydrogen) atoms. The lowest BCUT2D eigenvalue weighted by Gasteiger charge is -2.11. The van der Waals surface area contributed by atoms with Gasteiger partial charge in [-0.25, -0.2) is 19.7 Å². The highest BCUT2D eigenvalue weighted by atomic mass is 79.9. The van der Waals surface area contributed by atoms with E-state index in [1.165, 1.54) is 0 Å². The van der Waals surface area contributed by atoms with Crippen LogP contribution in [-0.2, 0) is 4.74 Å². The van der Waals surface area contributed by atoms with Crippen LogP contribution in [0.15, 0.2) is 77.3 Å². The number of rotatable bonds is 4. The first-order valence-corrected chi connectivity index (χ1v) is 10.6. The fourth-order valence-electron chi connectivity index (χ4n) is 3.51. The third-order valence-electron chi connectivity index (χ3n) is 4.87. The predicted octanol–water partition coefficient (Wildman–Crippen LogP) is 5.57. The highest BCUT2D eigenvalue weighted by molar-refractivity contribution is 9.10. The van der Waals surface area contributed by atoms with Crippen molar-refractivity contribution >= 4 is 44.2 Å². The average molecular weight is 473 g/mol. The first kappa shape index (κ1) is 19.4. The molecule has 7 heteroatoms. The molecule has 0 aliphatic heterocycles. The van der Waals surface area contributed by atoms with Crippen molar-refractivity contribution in [2.24, 2.45) is 0 Å². The van der Waals surface area contributed by atoms with E-state index < -0.39 is 0 Å². The highest BCUT2D eigenvalue weighted by Crippen LogP contribution is 2.30. The molecule has 0 aliphatic carbocycles. The molecule has 0 unspecified atom stereocenters. The van der Waals surface area contributed by atoms with Crippen molar-refractivity contribution in [1.29, 1.82) is 0 Å². The number of imidazole rings is 1. The van der Waals surface area contributed by atoms with Crippen molar-refractivity contribution in [3.8, 4) is 17.1 Å². The highest BCUT2D eigenvalue weighted by Gasteiger charge is 2.19. The van der Waals surface area contributed by atoms with Gasteiger partial charge in [0, 0.05) is 10.0 Å². The molecule has 0 aliphatic rings. The molecule has 0 fully saturated rings. The maximum absolute atomic E-state index is 12.3. The van der Waals surface area contributed by atoms with Gasteiger partial charge in [0.1, 0.15) is 5.82 Å². The summed E-state index contributed by atoms with van der Waals surface area (Å²) in [5, 5.41) is 0. The molecule has 0 saturated heterocycles. The zero-order chi connectivity index (χ0) is 21.4. The fraction of sp³-hybridized carbons (Fsp3) is 0.0833. The van der Waals surface area contributed by atoms with Gasteiger partial charge in [-0.1, -0.05) is 46.3 Å². The SMILES string of the molecule is CCOC(=O)c1cccc(-n2c(-c3cccc(Br)c3)nc3nc4ccccc4nc32)c1. The van der Waals surface area contributed by atoms with E-state index in [0.717, 1.165) is 26.8 Å². The topological polar surface area (TPSA) is 69.9 Å². The van der Waals surface area contributed by atoms with Crippen molar-refractivity contribution < 1.29 is 9.53 Å². The van der Waals surface area contributed by atoms with Crippen LogP contribution in [0, 0.1) is 0 Å². The molecule has 0 bridgehead atoms. The van der Waals surface area contributed by atoms with E-state index in [1.54, 1.807) is 19.1 Å². The zero-order valence-electron chi connectivity index (χ0n) is 16.6. The van der Waals surface area contributed by atoms with Gasteiger partial charge >= 0.3 is 5.97 Å². The third-order valence-corrected chi connectivity index (χ3v) is 5.36. The summed E-state index contributed by atoms with van der Waals surface area (Å²) >= 11 is 3.54. The number of esters is 1. The van der Waals surface area contributed by atoms with Crippen LogP contribution in [-0.4, -0.2) is 32.1 Å². The van der Waals surface area contributed by atoms with Gasteiger partial charge in [0.15, 0.2) is 11.3 Å². The number of hydrogen-bond acceptors (Lipinski definition) is 5. The van der Waals surface area contributed by atoms with Gasteiger partial charge in [0.05, 0.1) is 28.9 Å². The van der Waals surface area contributed by atoms with Crippen molar-refractivity contribution in [2.75, 3.05) is 6.61 Å². The van der Waals surface area contributed by atoms with Crippen LogP contribution < -0.4 is 0 Å². The molecule has 0 saturated carbocycles. The van der Waals surface area contributed by atoms with Crippen LogP contribution in [0.25, 0.3) is 39.4 Å². The number of hydrogen-bond donors (Lipinski definition) is 0. The third kappa shape index (κ3) is 3.57. The fourth-order valence-corrected chi connectivity index (χ4v) is 3.91. The second-order valence-electron chi connectivity index (χ2n) is 6.91. The Morgan fingerprint density at radius 3 is 2.48 bits per heavy atom. The van der Waals surface area contributed by atoms with Crippen LogP contribution in [0.3, 0.4) is 0 Å². The molecule has 2 heterocycles. The molecule has 0 amide bonds. The smallest absolute Gasteiger partial charge is 0.338 e. The van der Waals surface area contributed by atoms with Gasteiger partial charge in [-0.05, 0) is 49.4 Å². The van der Waals surface area contributed by atoms with E-state index in [4.69, 9.17) is 19.7 Å². The molecule has 3 aromatic carbocycles. The first-order chi connectivity index (χ1) is 15.1. The van der Waals surface area contributed by atoms with Crippen LogP contribution in [0.1, 0.15) is 17.3 Å². The Labute approximate surface area is 186 Å². The van der Waals surface area contributed by atoms with Crippen molar-refractivity contribution in [3.63, 3.8) is 0 Å². The lowest BCUT2D eigenvalue weighted by atomic mass is 10.1. The average Bonchev–Trinajstić information content (AvgIpc) is 3.16. The Bertz CT molecular complexity index is 1440. The Morgan fingerprint density at radius 2 is 1.71 bits per heavy atom. The second kappa shape index (κ2) is 7.92. The Morgan fingerprint density at radius 1 is 0.935 bits per heavy atom. The number of halogens is 1. The molecule has 6 nitrogen and oxygen atoms in total. The van der Waals surface area contributed by atoms with Gasteiger partial charge < -0.3 is 4.74 Å². The van der Waals surface area contributed by atoms with Gasteiger partial charge in [-0.2, -0.15) is 0 Å². The number of benzene rings is 3. The van der Waals surface area contributed by atoms with E-state index in [0.29, 0.717) is 29.3 Å². The number of carbonyl (C=O) groups excluding carboxylic acids is 1. The quantitative estimate of drug-likeness (QED) is 0.319. The normalized spacial score (nSPS) is 11.2. The van der Waals surface area contributed by atoms with Gasteiger partial charge in [-0.3, -0.25) is 4.57 Å². The molecule has 5 aromatic rings. The molecule has 0 atom stereocenters. The van der Waals surface area contributed by atoms with Gasteiger partial charge in [0.2, 0.25) is 0 Å². The molecule has 0 spiro atoms. The summed E-state index contributed by atoms with van der Waals surface area (Å²) < 4.78 is 8.05. The maximum atomic E-state index is 12.3. The second-order valence-corrected chi connectivity index (χ2v) is 7.83. The van der Waals surface area contributed by atoms with Crippen LogP contribution >= 0.6 is 15.9 Å². The summed E-state index contributed by atoms with van der Waals surface area (Å²) in [6.07, 6.45) is 0. The number of nitrogens with zero attached hydrogens (tertiary/aromatic N) is 4. The minimum atomic E-state index is -0.366. The van der Waals surface area contributed by atoms with Gasteiger partial charge in [-0.15, -0.1) is 0 Å². The number of para-hydroxylation sites is 2. The summed E-state index contributed by atoms with van der Waals surface area (Å²) in [7, 11) is 0. The number of aromatic nitrogens is 4. The number of ether oxygens (including phenoxy) is 1. The van der Waals surface area contributed by atoms with E-state index in [-0.39, 0.29) is 5.97 Å². The molecule has 152 valence electrons. The van der Waals surface area contributed by atoms with Crippen molar-refractivity contribution in [2.45, 2.75) is 6.92 Å². The number of carbonyl (C=O) groups is 1. The summed E-state index contributed by atoms with van der Waals surface area (Å²) in [4.78, 5) is 26.7. The van der Waals surface area contributed by atoms with Crippen molar-refractivity contribution in [3.05, 3.63) is 82.8 Å². The molecular formula is C24H17BrN4O2. The molecule has 5 rings (SSSR count). The van der Waals surface area contributed by atoms with Crippen molar-refractivity contribution in [1.82, 2.24) is 19.5 Å². The standard InChI is InChI=1S/C24H17BrN4O2/c1-2-31-24(30)16-8-6-10-18(14-16)29-22(15-7-5-9-17(25)13-15)28-21-23(29)27-20-12-4-3-11-19(20)26-21/h3-14H,2H2,1H3. The Balaban J connectivity index is 1.81. The predicted molar refractivity (Wildman–Crippen MR) is 123 cm³/mol. The van der Waals surface area contributed by atoms with E-state index in [2.05, 4.69) is 15.9 Å². The zero-order valence-corrected chi connectivity index (χ0v) is 18.2. The molecular weight excluding hydrogens is 456 g/mol. The van der Waals surface area contributed by atoms with Crippen LogP contribution in [0.2, 0.25) is 0 Å². The van der Waals surface area contributed by atoms with Crippen LogP contribution in [0.4, 0.5) is 0 Å². The summed E-state index contributed by atoms with van der Waals surface area (Å²) in [6, 6.07) is 22.9. The summed E-state index contributed by atoms with van der Waals surface area (Å²) in [5.74, 6) is 0.321. The van der Waals surface area contributed by atoms with E-state index in [9.17, 15) is 4.79 Å². The van der Waals surface area contributed by atoms with Crippen LogP contribution in [0.5, 0.6) is 0 Å². The lowest BCUT2D eigenvalue weighted by Crippen LogP contribution is -2.06. The lowest BCUT2D eigenvalue weighted by molar-refractivity contribution is 0.0526. The monoisotopic (exact) mass is 472 g/mol. The summed E-state index contributed by atoms with van der Waals surface area (Å²) in [6.45, 7) is 2.11. The maximum Gasteiger partial charge on any atom is 0.338 e. The molecule has 2 aromatic heterocycles. The largest absolute Gasteiger partial charge is 0.462 e. The van der Waals surface area contributed by atoms with E-state index in [1.807, 2.05) is 65.2 Å². The van der Waals surface area contributed by atoms with Gasteiger partial charge in [0.25, 0.3) is 0 Å². The number of fused-ring (bicyclic) bond motifs is 2. The molecule has 0 radical (unpaired) electrons. The Kier molecular flexibility index (Phi) is 4.95. The summed E-state index contributed by atoms with van der Waals surface area (Å²) in [5.41, 5.74) is 4.84. The minimum Gasteiger partial charge on any atom is -0.462 e. The molecule has 0 N–H and O–H groups in total. The first-order valence-electron chi connectivity index (χ1n) is 9.83.